The van der Waals surface area contributed by atoms with Crippen LogP contribution in [0.5, 0.6) is 5.75 Å². The molecule has 5 nitrogen and oxygen atoms in total. The second-order valence-electron chi connectivity index (χ2n) is 6.11. The number of rotatable bonds is 3. The third-order valence-corrected chi connectivity index (χ3v) is 4.31. The van der Waals surface area contributed by atoms with Gasteiger partial charge in [-0.05, 0) is 50.2 Å². The molecule has 0 amide bonds. The van der Waals surface area contributed by atoms with E-state index in [9.17, 15) is 10.4 Å². The molecule has 23 heavy (non-hydrogen) atoms. The van der Waals surface area contributed by atoms with E-state index in [1.165, 1.54) is 5.06 Å². The minimum Gasteiger partial charge on any atom is -0.497 e. The standard InChI is InChI=1S/C18H21N2O3/c1-18(2)16(13-7-5-4-6-8-13)19(21)17(20(18)22)14-9-11-15(23-3)12-10-14/h4-12,17,21-22H,1-3H3/q+1. The molecule has 0 aromatic heterocycles. The van der Waals surface area contributed by atoms with Gasteiger partial charge in [0.2, 0.25) is 0 Å². The number of hydrogen-bond acceptors (Lipinski definition) is 4. The van der Waals surface area contributed by atoms with Crippen LogP contribution in [0.15, 0.2) is 54.6 Å². The third kappa shape index (κ3) is 2.48. The monoisotopic (exact) mass is 313 g/mol. The van der Waals surface area contributed by atoms with Crippen LogP contribution in [-0.4, -0.2) is 38.6 Å². The largest absolute Gasteiger partial charge is 0.497 e. The van der Waals surface area contributed by atoms with Gasteiger partial charge >= 0.3 is 6.17 Å². The van der Waals surface area contributed by atoms with Gasteiger partial charge in [0.1, 0.15) is 11.3 Å². The maximum atomic E-state index is 10.8. The number of ether oxygens (including phenoxy) is 1. The summed E-state index contributed by atoms with van der Waals surface area (Å²) in [6, 6.07) is 16.9. The van der Waals surface area contributed by atoms with Gasteiger partial charge in [0, 0.05) is 15.9 Å². The van der Waals surface area contributed by atoms with E-state index >= 15 is 0 Å². The summed E-state index contributed by atoms with van der Waals surface area (Å²) >= 11 is 0. The Morgan fingerprint density at radius 2 is 1.65 bits per heavy atom. The van der Waals surface area contributed by atoms with Crippen LogP contribution in [0.1, 0.15) is 31.1 Å². The van der Waals surface area contributed by atoms with Crippen molar-refractivity contribution in [1.29, 1.82) is 0 Å². The minimum absolute atomic E-state index is 0.654. The Labute approximate surface area is 135 Å². The summed E-state index contributed by atoms with van der Waals surface area (Å²) < 4.78 is 6.30. The molecule has 3 rings (SSSR count). The lowest BCUT2D eigenvalue weighted by molar-refractivity contribution is -0.816. The molecule has 0 saturated carbocycles. The lowest BCUT2D eigenvalue weighted by Gasteiger charge is -2.24. The van der Waals surface area contributed by atoms with Crippen LogP contribution < -0.4 is 4.74 Å². The molecule has 0 saturated heterocycles. The SMILES string of the molecule is COc1ccc(C2N(O)C(C)(C)C(c3ccccc3)=[N+]2O)cc1. The van der Waals surface area contributed by atoms with Crippen LogP contribution in [0.4, 0.5) is 0 Å². The first-order valence-electron chi connectivity index (χ1n) is 7.50. The lowest BCUT2D eigenvalue weighted by atomic mass is 9.93. The molecule has 0 spiro atoms. The van der Waals surface area contributed by atoms with E-state index < -0.39 is 11.7 Å². The van der Waals surface area contributed by atoms with Crippen LogP contribution in [-0.2, 0) is 0 Å². The average Bonchev–Trinajstić information content (AvgIpc) is 2.74. The first-order chi connectivity index (χ1) is 11.0. The topological polar surface area (TPSA) is 55.9 Å². The fourth-order valence-corrected chi connectivity index (χ4v) is 3.06. The van der Waals surface area contributed by atoms with Crippen molar-refractivity contribution in [1.82, 2.24) is 5.06 Å². The lowest BCUT2D eigenvalue weighted by Crippen LogP contribution is -2.44. The Morgan fingerprint density at radius 3 is 2.22 bits per heavy atom. The molecular weight excluding hydrogens is 292 g/mol. The van der Waals surface area contributed by atoms with E-state index in [0.717, 1.165) is 21.6 Å². The van der Waals surface area contributed by atoms with Gasteiger partial charge in [-0.1, -0.05) is 18.2 Å². The minimum atomic E-state index is -0.735. The fraction of sp³-hybridized carbons (Fsp3) is 0.278. The van der Waals surface area contributed by atoms with E-state index in [0.29, 0.717) is 5.71 Å². The summed E-state index contributed by atoms with van der Waals surface area (Å²) in [5, 5.41) is 22.6. The van der Waals surface area contributed by atoms with Gasteiger partial charge in [0.25, 0.3) is 5.71 Å². The number of hydroxylamine groups is 3. The van der Waals surface area contributed by atoms with Crippen LogP contribution in [0, 0.1) is 0 Å². The summed E-state index contributed by atoms with van der Waals surface area (Å²) in [7, 11) is 1.60. The van der Waals surface area contributed by atoms with E-state index in [2.05, 4.69) is 0 Å². The van der Waals surface area contributed by atoms with Crippen LogP contribution >= 0.6 is 0 Å². The van der Waals surface area contributed by atoms with Crippen molar-refractivity contribution in [3.05, 3.63) is 65.7 Å². The van der Waals surface area contributed by atoms with Gasteiger partial charge in [-0.2, -0.15) is 0 Å². The van der Waals surface area contributed by atoms with E-state index in [-0.39, 0.29) is 0 Å². The number of benzene rings is 2. The van der Waals surface area contributed by atoms with Crippen molar-refractivity contribution >= 4 is 5.71 Å². The van der Waals surface area contributed by atoms with Crippen LogP contribution in [0.2, 0.25) is 0 Å². The summed E-state index contributed by atoms with van der Waals surface area (Å²) in [5.41, 5.74) is 1.56. The molecule has 0 radical (unpaired) electrons. The maximum Gasteiger partial charge on any atom is 0.305 e. The molecule has 1 heterocycles. The molecule has 2 aromatic rings. The van der Waals surface area contributed by atoms with Crippen molar-refractivity contribution in [2.75, 3.05) is 7.11 Å². The van der Waals surface area contributed by atoms with Crippen molar-refractivity contribution in [2.24, 2.45) is 0 Å². The molecule has 0 aliphatic carbocycles. The Bertz CT molecular complexity index is 724. The van der Waals surface area contributed by atoms with Crippen molar-refractivity contribution in [3.8, 4) is 5.75 Å². The summed E-state index contributed by atoms with van der Waals surface area (Å²) in [4.78, 5) is 0. The molecule has 1 unspecified atom stereocenters. The molecule has 1 aliphatic heterocycles. The molecular formula is C18H21N2O3+. The molecule has 1 aliphatic rings. The quantitative estimate of drug-likeness (QED) is 0.675. The Morgan fingerprint density at radius 1 is 1.04 bits per heavy atom. The highest BCUT2D eigenvalue weighted by atomic mass is 16.5. The molecule has 2 N–H and O–H groups in total. The smallest absolute Gasteiger partial charge is 0.305 e. The van der Waals surface area contributed by atoms with Gasteiger partial charge in [-0.3, -0.25) is 5.21 Å². The second-order valence-corrected chi connectivity index (χ2v) is 6.11. The fourth-order valence-electron chi connectivity index (χ4n) is 3.06. The molecule has 120 valence electrons. The first kappa shape index (κ1) is 15.5. The highest BCUT2D eigenvalue weighted by Crippen LogP contribution is 2.36. The highest BCUT2D eigenvalue weighted by Gasteiger charge is 2.55. The second kappa shape index (κ2) is 5.68. The zero-order valence-electron chi connectivity index (χ0n) is 13.5. The molecule has 0 fully saturated rings. The molecule has 2 aromatic carbocycles. The molecule has 0 bridgehead atoms. The molecule has 1 atom stereocenters. The Kier molecular flexibility index (Phi) is 3.83. The highest BCUT2D eigenvalue weighted by molar-refractivity contribution is 6.03. The Balaban J connectivity index is 2.09. The van der Waals surface area contributed by atoms with Gasteiger partial charge in [-0.15, -0.1) is 5.06 Å². The average molecular weight is 313 g/mol. The number of hydrogen-bond donors (Lipinski definition) is 2. The molecule has 5 heteroatoms. The van der Waals surface area contributed by atoms with Gasteiger partial charge < -0.3 is 9.94 Å². The normalized spacial score (nSPS) is 20.8. The zero-order chi connectivity index (χ0) is 16.6. The summed E-state index contributed by atoms with van der Waals surface area (Å²) in [6.45, 7) is 3.75. The number of nitrogens with zero attached hydrogens (tertiary/aromatic N) is 2. The van der Waals surface area contributed by atoms with Gasteiger partial charge in [0.05, 0.1) is 7.11 Å². The van der Waals surface area contributed by atoms with Crippen molar-refractivity contribution < 1.29 is 19.9 Å². The zero-order valence-corrected chi connectivity index (χ0v) is 13.5. The van der Waals surface area contributed by atoms with Gasteiger partial charge in [-0.25, -0.2) is 0 Å². The Hall–Kier alpha value is -2.37. The predicted octanol–water partition coefficient (Wildman–Crippen LogP) is 3.07. The first-order valence-corrected chi connectivity index (χ1v) is 7.50. The van der Waals surface area contributed by atoms with Crippen molar-refractivity contribution in [3.63, 3.8) is 0 Å². The third-order valence-electron chi connectivity index (χ3n) is 4.31. The summed E-state index contributed by atoms with van der Waals surface area (Å²) in [5.74, 6) is 0.729. The van der Waals surface area contributed by atoms with E-state index in [1.54, 1.807) is 7.11 Å². The maximum absolute atomic E-state index is 10.8. The predicted molar refractivity (Wildman–Crippen MR) is 86.0 cm³/mol. The van der Waals surface area contributed by atoms with E-state index in [4.69, 9.17) is 4.74 Å². The number of methoxy groups -OCH3 is 1. The van der Waals surface area contributed by atoms with Crippen LogP contribution in [0.25, 0.3) is 0 Å². The van der Waals surface area contributed by atoms with Crippen molar-refractivity contribution in [2.45, 2.75) is 25.6 Å². The van der Waals surface area contributed by atoms with Crippen LogP contribution in [0.3, 0.4) is 0 Å². The summed E-state index contributed by atoms with van der Waals surface area (Å²) in [6.07, 6.45) is -0.675. The van der Waals surface area contributed by atoms with Gasteiger partial charge in [0.15, 0.2) is 0 Å². The van der Waals surface area contributed by atoms with E-state index in [1.807, 2.05) is 68.4 Å².